The Kier molecular flexibility index (Phi) is 7.99. The lowest BCUT2D eigenvalue weighted by Gasteiger charge is -2.33. The van der Waals surface area contributed by atoms with Gasteiger partial charge < -0.3 is 20.9 Å². The molecule has 8 heteroatoms. The van der Waals surface area contributed by atoms with E-state index in [0.29, 0.717) is 11.3 Å². The molecular weight excluding hydrogens is 362 g/mol. The van der Waals surface area contributed by atoms with Crippen LogP contribution < -0.4 is 16.0 Å². The van der Waals surface area contributed by atoms with Crippen molar-refractivity contribution >= 4 is 23.6 Å². The lowest BCUT2D eigenvalue weighted by molar-refractivity contribution is -0.126. The number of benzene rings is 1. The summed E-state index contributed by atoms with van der Waals surface area (Å²) in [5.74, 6) is -1.43. The fraction of sp³-hybridized carbons (Fsp3) is 0.550. The molecule has 0 spiro atoms. The average molecular weight is 393 g/mol. The molecule has 1 rings (SSSR count). The van der Waals surface area contributed by atoms with Crippen LogP contribution in [0.1, 0.15) is 47.1 Å². The van der Waals surface area contributed by atoms with Gasteiger partial charge in [0.25, 0.3) is 5.91 Å². The van der Waals surface area contributed by atoms with Crippen LogP contribution in [0, 0.1) is 5.92 Å². The lowest BCUT2D eigenvalue weighted by Crippen LogP contribution is -2.56. The number of alkyl carbamates (subject to hydrolysis) is 1. The zero-order chi connectivity index (χ0) is 21.6. The van der Waals surface area contributed by atoms with E-state index in [9.17, 15) is 19.5 Å². The van der Waals surface area contributed by atoms with Gasteiger partial charge in [0.2, 0.25) is 5.91 Å². The topological polar surface area (TPSA) is 122 Å². The minimum atomic E-state index is -0.936. The molecule has 2 atom stereocenters. The highest BCUT2D eigenvalue weighted by molar-refractivity contribution is 6.03. The number of ether oxygens (including phenoxy) is 1. The Morgan fingerprint density at radius 2 is 1.68 bits per heavy atom. The Labute approximate surface area is 166 Å². The first kappa shape index (κ1) is 23.4. The van der Waals surface area contributed by atoms with Crippen molar-refractivity contribution < 1.29 is 24.2 Å². The second-order valence-electron chi connectivity index (χ2n) is 7.98. The van der Waals surface area contributed by atoms with E-state index in [2.05, 4.69) is 5.32 Å². The predicted molar refractivity (Wildman–Crippen MR) is 107 cm³/mol. The molecule has 0 aliphatic rings. The summed E-state index contributed by atoms with van der Waals surface area (Å²) in [7, 11) is 0. The SMILES string of the molecule is CC(C)[C@H](NC(=O)OC(C)(C)C)C(=O)N(c1ccc(CO)cc1)[C@@H](C)C(N)=O. The molecule has 0 unspecified atom stereocenters. The zero-order valence-electron chi connectivity index (χ0n) is 17.4. The molecule has 0 aliphatic carbocycles. The maximum Gasteiger partial charge on any atom is 0.408 e. The molecule has 0 aromatic heterocycles. The number of anilines is 1. The van der Waals surface area contributed by atoms with Crippen LogP contribution in [0.3, 0.4) is 0 Å². The quantitative estimate of drug-likeness (QED) is 0.653. The minimum Gasteiger partial charge on any atom is -0.444 e. The highest BCUT2D eigenvalue weighted by Crippen LogP contribution is 2.21. The second kappa shape index (κ2) is 9.54. The monoisotopic (exact) mass is 393 g/mol. The van der Waals surface area contributed by atoms with Crippen LogP contribution in [0.15, 0.2) is 24.3 Å². The summed E-state index contributed by atoms with van der Waals surface area (Å²) in [4.78, 5) is 38.6. The van der Waals surface area contributed by atoms with Gasteiger partial charge in [-0.25, -0.2) is 4.79 Å². The van der Waals surface area contributed by atoms with Gasteiger partial charge in [0, 0.05) is 5.69 Å². The third-order valence-electron chi connectivity index (χ3n) is 4.04. The number of hydrogen-bond donors (Lipinski definition) is 3. The summed E-state index contributed by atoms with van der Waals surface area (Å²) >= 11 is 0. The summed E-state index contributed by atoms with van der Waals surface area (Å²) in [6.45, 7) is 10.1. The summed E-state index contributed by atoms with van der Waals surface area (Å²) in [5.41, 5.74) is 5.83. The smallest absolute Gasteiger partial charge is 0.408 e. The van der Waals surface area contributed by atoms with Gasteiger partial charge in [-0.2, -0.15) is 0 Å². The third kappa shape index (κ3) is 6.53. The van der Waals surface area contributed by atoms with Crippen molar-refractivity contribution in [2.45, 2.75) is 65.8 Å². The van der Waals surface area contributed by atoms with Gasteiger partial charge in [-0.05, 0) is 51.3 Å². The number of nitrogens with two attached hydrogens (primary N) is 1. The van der Waals surface area contributed by atoms with Crippen LogP contribution >= 0.6 is 0 Å². The van der Waals surface area contributed by atoms with E-state index in [1.165, 1.54) is 11.8 Å². The van der Waals surface area contributed by atoms with Crippen molar-refractivity contribution in [3.63, 3.8) is 0 Å². The number of primary amides is 1. The van der Waals surface area contributed by atoms with Crippen molar-refractivity contribution in [2.24, 2.45) is 11.7 Å². The zero-order valence-corrected chi connectivity index (χ0v) is 17.4. The fourth-order valence-electron chi connectivity index (χ4n) is 2.53. The average Bonchev–Trinajstić information content (AvgIpc) is 2.58. The molecule has 156 valence electrons. The number of hydrogen-bond acceptors (Lipinski definition) is 5. The lowest BCUT2D eigenvalue weighted by atomic mass is 10.0. The molecule has 0 aliphatic heterocycles. The Morgan fingerprint density at radius 1 is 1.14 bits per heavy atom. The van der Waals surface area contributed by atoms with E-state index >= 15 is 0 Å². The second-order valence-corrected chi connectivity index (χ2v) is 7.98. The van der Waals surface area contributed by atoms with Crippen molar-refractivity contribution in [2.75, 3.05) is 4.90 Å². The first-order chi connectivity index (χ1) is 12.9. The molecule has 0 heterocycles. The predicted octanol–water partition coefficient (Wildman–Crippen LogP) is 1.93. The van der Waals surface area contributed by atoms with Crippen LogP contribution in [0.5, 0.6) is 0 Å². The molecule has 1 aromatic rings. The molecule has 0 saturated carbocycles. The maximum atomic E-state index is 13.3. The third-order valence-corrected chi connectivity index (χ3v) is 4.04. The van der Waals surface area contributed by atoms with Gasteiger partial charge in [-0.1, -0.05) is 26.0 Å². The number of nitrogens with zero attached hydrogens (tertiary/aromatic N) is 1. The molecule has 0 bridgehead atoms. The fourth-order valence-corrected chi connectivity index (χ4v) is 2.53. The van der Waals surface area contributed by atoms with Gasteiger partial charge in [-0.15, -0.1) is 0 Å². The van der Waals surface area contributed by atoms with Crippen molar-refractivity contribution in [1.29, 1.82) is 0 Å². The Balaban J connectivity index is 3.22. The number of carbonyl (C=O) groups excluding carboxylic acids is 3. The van der Waals surface area contributed by atoms with Crippen LogP contribution in [0.25, 0.3) is 0 Å². The van der Waals surface area contributed by atoms with Crippen LogP contribution in [0.2, 0.25) is 0 Å². The number of amides is 3. The van der Waals surface area contributed by atoms with E-state index in [1.54, 1.807) is 58.9 Å². The first-order valence-corrected chi connectivity index (χ1v) is 9.19. The number of carbonyl (C=O) groups is 3. The van der Waals surface area contributed by atoms with Crippen molar-refractivity contribution in [1.82, 2.24) is 5.32 Å². The molecular formula is C20H31N3O5. The first-order valence-electron chi connectivity index (χ1n) is 9.19. The molecule has 8 nitrogen and oxygen atoms in total. The highest BCUT2D eigenvalue weighted by atomic mass is 16.6. The Bertz CT molecular complexity index is 695. The van der Waals surface area contributed by atoms with Gasteiger partial charge >= 0.3 is 6.09 Å². The highest BCUT2D eigenvalue weighted by Gasteiger charge is 2.35. The largest absolute Gasteiger partial charge is 0.444 e. The van der Waals surface area contributed by atoms with Gasteiger partial charge in [0.1, 0.15) is 17.7 Å². The molecule has 28 heavy (non-hydrogen) atoms. The maximum absolute atomic E-state index is 13.3. The summed E-state index contributed by atoms with van der Waals surface area (Å²) < 4.78 is 5.25. The summed E-state index contributed by atoms with van der Waals surface area (Å²) in [5, 5.41) is 11.8. The number of aliphatic hydroxyl groups excluding tert-OH is 1. The Hall–Kier alpha value is -2.61. The molecule has 3 amide bonds. The molecule has 0 fully saturated rings. The number of rotatable bonds is 7. The minimum absolute atomic E-state index is 0.144. The van der Waals surface area contributed by atoms with Gasteiger partial charge in [0.15, 0.2) is 0 Å². The standard InChI is InChI=1S/C20H31N3O5/c1-12(2)16(22-19(27)28-20(4,5)6)18(26)23(13(3)17(21)25)15-9-7-14(11-24)8-10-15/h7-10,12-13,16,24H,11H2,1-6H3,(H2,21,25)(H,22,27)/t13-,16-/m0/s1. The summed E-state index contributed by atoms with van der Waals surface area (Å²) in [6.07, 6.45) is -0.721. The molecule has 4 N–H and O–H groups in total. The van der Waals surface area contributed by atoms with E-state index < -0.39 is 35.6 Å². The number of nitrogens with one attached hydrogen (secondary N) is 1. The van der Waals surface area contributed by atoms with Crippen LogP contribution in [-0.4, -0.2) is 40.7 Å². The van der Waals surface area contributed by atoms with E-state index in [-0.39, 0.29) is 12.5 Å². The van der Waals surface area contributed by atoms with Crippen molar-refractivity contribution in [3.8, 4) is 0 Å². The molecule has 0 radical (unpaired) electrons. The molecule has 1 aromatic carbocycles. The number of aliphatic hydroxyl groups is 1. The summed E-state index contributed by atoms with van der Waals surface area (Å²) in [6, 6.07) is 4.68. The molecule has 0 saturated heterocycles. The van der Waals surface area contributed by atoms with E-state index in [0.717, 1.165) is 0 Å². The van der Waals surface area contributed by atoms with Crippen molar-refractivity contribution in [3.05, 3.63) is 29.8 Å². The normalized spacial score (nSPS) is 13.6. The van der Waals surface area contributed by atoms with Crippen LogP contribution in [0.4, 0.5) is 10.5 Å². The van der Waals surface area contributed by atoms with Gasteiger partial charge in [-0.3, -0.25) is 14.5 Å². The van der Waals surface area contributed by atoms with Gasteiger partial charge in [0.05, 0.1) is 6.61 Å². The Morgan fingerprint density at radius 3 is 2.07 bits per heavy atom. The van der Waals surface area contributed by atoms with E-state index in [4.69, 9.17) is 10.5 Å². The van der Waals surface area contributed by atoms with Crippen LogP contribution in [-0.2, 0) is 20.9 Å². The van der Waals surface area contributed by atoms with E-state index in [1.807, 2.05) is 0 Å².